The first kappa shape index (κ1) is 16.4. The molecule has 0 heterocycles. The topological polar surface area (TPSA) is 29.1 Å². The number of aryl methyl sites for hydroxylation is 1. The van der Waals surface area contributed by atoms with E-state index in [0.717, 1.165) is 40.8 Å². The Morgan fingerprint density at radius 3 is 2.52 bits per heavy atom. The zero-order chi connectivity index (χ0) is 15.4. The number of hydrogen-bond donors (Lipinski definition) is 1. The van der Waals surface area contributed by atoms with Crippen molar-refractivity contribution in [2.45, 2.75) is 58.9 Å². The van der Waals surface area contributed by atoms with E-state index in [1.165, 1.54) is 12.8 Å². The zero-order valence-corrected chi connectivity index (χ0v) is 14.0. The standard InChI is InChI=1S/C18H26ClNO/c1-12(2)14-5-8-17(9-6-14)20-18(21)11-15-4-7-16(19)10-13(15)3/h4,7,10,12,14,17H,5-6,8-9,11H2,1-3H3,(H,20,21). The number of nitrogens with one attached hydrogen (secondary N) is 1. The lowest BCUT2D eigenvalue weighted by atomic mass is 9.79. The van der Waals surface area contributed by atoms with E-state index in [1.54, 1.807) is 0 Å². The molecule has 1 aliphatic rings. The van der Waals surface area contributed by atoms with Gasteiger partial charge in [0.2, 0.25) is 5.91 Å². The van der Waals surface area contributed by atoms with Crippen LogP contribution in [0.25, 0.3) is 0 Å². The Morgan fingerprint density at radius 2 is 1.95 bits per heavy atom. The summed E-state index contributed by atoms with van der Waals surface area (Å²) in [7, 11) is 0. The molecule has 1 aliphatic carbocycles. The largest absolute Gasteiger partial charge is 0.353 e. The molecule has 0 aromatic heterocycles. The van der Waals surface area contributed by atoms with Crippen molar-refractivity contribution in [3.05, 3.63) is 34.3 Å². The van der Waals surface area contributed by atoms with Crippen molar-refractivity contribution in [3.63, 3.8) is 0 Å². The van der Waals surface area contributed by atoms with Gasteiger partial charge in [0.1, 0.15) is 0 Å². The maximum atomic E-state index is 12.2. The van der Waals surface area contributed by atoms with Crippen LogP contribution in [0.3, 0.4) is 0 Å². The summed E-state index contributed by atoms with van der Waals surface area (Å²) in [4.78, 5) is 12.2. The number of rotatable bonds is 4. The van der Waals surface area contributed by atoms with Crippen LogP contribution in [0.2, 0.25) is 5.02 Å². The maximum Gasteiger partial charge on any atom is 0.224 e. The number of halogens is 1. The minimum Gasteiger partial charge on any atom is -0.353 e. The summed E-state index contributed by atoms with van der Waals surface area (Å²) in [5.74, 6) is 1.73. The molecule has 0 saturated heterocycles. The van der Waals surface area contributed by atoms with Crippen molar-refractivity contribution in [1.29, 1.82) is 0 Å². The molecule has 0 spiro atoms. The van der Waals surface area contributed by atoms with E-state index in [-0.39, 0.29) is 5.91 Å². The number of benzene rings is 1. The summed E-state index contributed by atoms with van der Waals surface area (Å²) < 4.78 is 0. The highest BCUT2D eigenvalue weighted by molar-refractivity contribution is 6.30. The molecule has 2 nitrogen and oxygen atoms in total. The Kier molecular flexibility index (Phi) is 5.69. The van der Waals surface area contributed by atoms with Gasteiger partial charge in [0, 0.05) is 11.1 Å². The number of carbonyl (C=O) groups excluding carboxylic acids is 1. The lowest BCUT2D eigenvalue weighted by molar-refractivity contribution is -0.121. The molecule has 1 fully saturated rings. The second-order valence-corrected chi connectivity index (χ2v) is 7.11. The molecule has 0 radical (unpaired) electrons. The van der Waals surface area contributed by atoms with Gasteiger partial charge in [0.25, 0.3) is 0 Å². The van der Waals surface area contributed by atoms with Crippen LogP contribution < -0.4 is 5.32 Å². The number of hydrogen-bond acceptors (Lipinski definition) is 1. The third-order valence-corrected chi connectivity index (χ3v) is 4.97. The Morgan fingerprint density at radius 1 is 1.29 bits per heavy atom. The summed E-state index contributed by atoms with van der Waals surface area (Å²) in [5.41, 5.74) is 2.15. The second kappa shape index (κ2) is 7.31. The monoisotopic (exact) mass is 307 g/mol. The average Bonchev–Trinajstić information content (AvgIpc) is 2.42. The molecule has 1 aromatic carbocycles. The van der Waals surface area contributed by atoms with E-state index in [2.05, 4.69) is 19.2 Å². The molecule has 0 atom stereocenters. The molecule has 0 bridgehead atoms. The summed E-state index contributed by atoms with van der Waals surface area (Å²) in [6.07, 6.45) is 5.17. The van der Waals surface area contributed by atoms with Crippen LogP contribution in [-0.2, 0) is 11.2 Å². The fourth-order valence-corrected chi connectivity index (χ4v) is 3.47. The zero-order valence-electron chi connectivity index (χ0n) is 13.3. The molecule has 21 heavy (non-hydrogen) atoms. The van der Waals surface area contributed by atoms with Gasteiger partial charge in [-0.2, -0.15) is 0 Å². The smallest absolute Gasteiger partial charge is 0.224 e. The van der Waals surface area contributed by atoms with E-state index in [0.29, 0.717) is 12.5 Å². The summed E-state index contributed by atoms with van der Waals surface area (Å²) >= 11 is 5.95. The SMILES string of the molecule is Cc1cc(Cl)ccc1CC(=O)NC1CCC(C(C)C)CC1. The third kappa shape index (κ3) is 4.74. The molecule has 3 heteroatoms. The van der Waals surface area contributed by atoms with E-state index >= 15 is 0 Å². The summed E-state index contributed by atoms with van der Waals surface area (Å²) in [6.45, 7) is 6.60. The average molecular weight is 308 g/mol. The molecule has 1 aromatic rings. The fraction of sp³-hybridized carbons (Fsp3) is 0.611. The predicted molar refractivity (Wildman–Crippen MR) is 88.6 cm³/mol. The van der Waals surface area contributed by atoms with E-state index < -0.39 is 0 Å². The maximum absolute atomic E-state index is 12.2. The first-order chi connectivity index (χ1) is 9.95. The minimum absolute atomic E-state index is 0.133. The molecule has 2 rings (SSSR count). The van der Waals surface area contributed by atoms with Crippen molar-refractivity contribution in [2.24, 2.45) is 11.8 Å². The molecular weight excluding hydrogens is 282 g/mol. The van der Waals surface area contributed by atoms with Crippen LogP contribution in [0.5, 0.6) is 0 Å². The highest BCUT2D eigenvalue weighted by Gasteiger charge is 2.24. The highest BCUT2D eigenvalue weighted by atomic mass is 35.5. The molecule has 0 aliphatic heterocycles. The lowest BCUT2D eigenvalue weighted by Gasteiger charge is -2.31. The Hall–Kier alpha value is -1.02. The fourth-order valence-electron chi connectivity index (χ4n) is 3.24. The van der Waals surface area contributed by atoms with Crippen LogP contribution in [0.1, 0.15) is 50.7 Å². The van der Waals surface area contributed by atoms with Crippen LogP contribution in [0.15, 0.2) is 18.2 Å². The molecule has 0 unspecified atom stereocenters. The number of amides is 1. The summed E-state index contributed by atoms with van der Waals surface area (Å²) in [6, 6.07) is 6.08. The van der Waals surface area contributed by atoms with Gasteiger partial charge in [0.05, 0.1) is 6.42 Å². The minimum atomic E-state index is 0.133. The van der Waals surface area contributed by atoms with Crippen LogP contribution in [-0.4, -0.2) is 11.9 Å². The number of carbonyl (C=O) groups is 1. The summed E-state index contributed by atoms with van der Waals surface area (Å²) in [5, 5.41) is 3.92. The van der Waals surface area contributed by atoms with Crippen LogP contribution in [0.4, 0.5) is 0 Å². The molecular formula is C18H26ClNO. The van der Waals surface area contributed by atoms with Crippen molar-refractivity contribution >= 4 is 17.5 Å². The Bertz CT molecular complexity index is 490. The van der Waals surface area contributed by atoms with Crippen molar-refractivity contribution in [2.75, 3.05) is 0 Å². The van der Waals surface area contributed by atoms with Crippen molar-refractivity contribution in [1.82, 2.24) is 5.32 Å². The van der Waals surface area contributed by atoms with Gasteiger partial charge in [0.15, 0.2) is 0 Å². The predicted octanol–water partition coefficient (Wildman–Crippen LogP) is 4.52. The van der Waals surface area contributed by atoms with Crippen molar-refractivity contribution in [3.8, 4) is 0 Å². The highest BCUT2D eigenvalue weighted by Crippen LogP contribution is 2.29. The van der Waals surface area contributed by atoms with Gasteiger partial charge >= 0.3 is 0 Å². The van der Waals surface area contributed by atoms with Gasteiger partial charge in [-0.3, -0.25) is 4.79 Å². The van der Waals surface area contributed by atoms with Crippen LogP contribution in [0, 0.1) is 18.8 Å². The van der Waals surface area contributed by atoms with Gasteiger partial charge in [-0.05, 0) is 67.7 Å². The molecule has 116 valence electrons. The second-order valence-electron chi connectivity index (χ2n) is 6.67. The van der Waals surface area contributed by atoms with Gasteiger partial charge in [-0.1, -0.05) is 31.5 Å². The molecule has 1 saturated carbocycles. The Labute approximate surface area is 133 Å². The normalized spacial score (nSPS) is 22.3. The quantitative estimate of drug-likeness (QED) is 0.870. The van der Waals surface area contributed by atoms with E-state index in [9.17, 15) is 4.79 Å². The molecule has 1 N–H and O–H groups in total. The third-order valence-electron chi connectivity index (χ3n) is 4.74. The molecule has 1 amide bonds. The van der Waals surface area contributed by atoms with E-state index in [1.807, 2.05) is 25.1 Å². The Balaban J connectivity index is 1.83. The van der Waals surface area contributed by atoms with Crippen molar-refractivity contribution < 1.29 is 4.79 Å². The van der Waals surface area contributed by atoms with E-state index in [4.69, 9.17) is 11.6 Å². The first-order valence-electron chi connectivity index (χ1n) is 8.00. The van der Waals surface area contributed by atoms with Gasteiger partial charge in [-0.15, -0.1) is 0 Å². The first-order valence-corrected chi connectivity index (χ1v) is 8.38. The van der Waals surface area contributed by atoms with Gasteiger partial charge < -0.3 is 5.32 Å². The lowest BCUT2D eigenvalue weighted by Crippen LogP contribution is -2.39. The van der Waals surface area contributed by atoms with Gasteiger partial charge in [-0.25, -0.2) is 0 Å². The van der Waals surface area contributed by atoms with Crippen LogP contribution >= 0.6 is 11.6 Å².